The minimum Gasteiger partial charge on any atom is -0.427 e. The number of rotatable bonds is 0. The average Bonchev–Trinajstić information content (AvgIpc) is 2.42. The molecule has 1 heterocycles. The predicted molar refractivity (Wildman–Crippen MR) is 55.0 cm³/mol. The van der Waals surface area contributed by atoms with Crippen LogP contribution in [-0.2, 0) is 0 Å². The van der Waals surface area contributed by atoms with E-state index in [9.17, 15) is 0 Å². The van der Waals surface area contributed by atoms with Crippen LogP contribution in [0.15, 0.2) is 10.5 Å². The summed E-state index contributed by atoms with van der Waals surface area (Å²) in [5, 5.41) is 0. The maximum atomic E-state index is 5.79. The fourth-order valence-electron chi connectivity index (χ4n) is 1.23. The molecule has 0 aliphatic rings. The molecule has 2 rings (SSSR count). The van der Waals surface area contributed by atoms with Crippen molar-refractivity contribution >= 4 is 34.7 Å². The molecule has 5 heteroatoms. The molecule has 0 saturated carbocycles. The minimum absolute atomic E-state index is 0.312. The minimum atomic E-state index is 0.312. The number of aromatic amines is 1. The number of nitrogens with one attached hydrogen (secondary N) is 1. The molecule has 0 radical (unpaired) electrons. The van der Waals surface area contributed by atoms with Gasteiger partial charge in [-0.25, -0.2) is 0 Å². The predicted octanol–water partition coefficient (Wildman–Crippen LogP) is 1.96. The molecule has 13 heavy (non-hydrogen) atoms. The number of H-pyrrole nitrogens is 1. The highest BCUT2D eigenvalue weighted by Gasteiger charge is 2.08. The van der Waals surface area contributed by atoms with Gasteiger partial charge < -0.3 is 20.9 Å². The second kappa shape index (κ2) is 2.50. The number of hydrogen-bond donors (Lipinski definition) is 3. The van der Waals surface area contributed by atoms with Gasteiger partial charge in [-0.3, -0.25) is 0 Å². The molecule has 0 bridgehead atoms. The lowest BCUT2D eigenvalue weighted by Gasteiger charge is -2.02. The van der Waals surface area contributed by atoms with E-state index >= 15 is 0 Å². The van der Waals surface area contributed by atoms with E-state index in [1.54, 1.807) is 6.07 Å². The first-order valence-corrected chi connectivity index (χ1v) is 4.18. The molecule has 5 N–H and O–H groups in total. The summed E-state index contributed by atoms with van der Waals surface area (Å²) < 4.78 is 5.21. The number of fused-ring (bicyclic) bond motifs is 1. The van der Waals surface area contributed by atoms with Gasteiger partial charge in [0, 0.05) is 5.69 Å². The van der Waals surface area contributed by atoms with Gasteiger partial charge >= 0.3 is 0 Å². The Morgan fingerprint density at radius 3 is 2.85 bits per heavy atom. The van der Waals surface area contributed by atoms with Crippen LogP contribution in [0, 0.1) is 11.8 Å². The smallest absolute Gasteiger partial charge is 0.266 e. The van der Waals surface area contributed by atoms with Crippen molar-refractivity contribution in [3.05, 3.63) is 16.5 Å². The number of nitrogen functional groups attached to an aromatic ring is 2. The van der Waals surface area contributed by atoms with Gasteiger partial charge in [-0.1, -0.05) is 0 Å². The van der Waals surface area contributed by atoms with Gasteiger partial charge in [0.05, 0.1) is 11.2 Å². The number of benzene rings is 1. The van der Waals surface area contributed by atoms with Crippen LogP contribution in [0.25, 0.3) is 11.1 Å². The van der Waals surface area contributed by atoms with Crippen LogP contribution >= 0.6 is 12.2 Å². The first-order chi connectivity index (χ1) is 6.09. The monoisotopic (exact) mass is 195 g/mol. The summed E-state index contributed by atoms with van der Waals surface area (Å²) in [6.45, 7) is 1.84. The normalized spacial score (nSPS) is 10.8. The van der Waals surface area contributed by atoms with Gasteiger partial charge in [0.15, 0.2) is 5.58 Å². The van der Waals surface area contributed by atoms with Crippen LogP contribution in [0.4, 0.5) is 11.4 Å². The van der Waals surface area contributed by atoms with Crippen molar-refractivity contribution in [3.63, 3.8) is 0 Å². The summed E-state index contributed by atoms with van der Waals surface area (Å²) in [5.74, 6) is 0. The third-order valence-electron chi connectivity index (χ3n) is 2.06. The molecule has 68 valence electrons. The molecule has 4 nitrogen and oxygen atoms in total. The molecule has 0 aliphatic carbocycles. The van der Waals surface area contributed by atoms with E-state index in [2.05, 4.69) is 4.98 Å². The van der Waals surface area contributed by atoms with E-state index in [1.807, 2.05) is 6.92 Å². The average molecular weight is 195 g/mol. The molecule has 2 aromatic rings. The molecule has 0 unspecified atom stereocenters. The maximum Gasteiger partial charge on any atom is 0.266 e. The number of hydrogen-bond acceptors (Lipinski definition) is 4. The Hall–Kier alpha value is -1.49. The largest absolute Gasteiger partial charge is 0.427 e. The van der Waals surface area contributed by atoms with Crippen molar-refractivity contribution in [2.75, 3.05) is 11.5 Å². The van der Waals surface area contributed by atoms with Gasteiger partial charge in [0.25, 0.3) is 4.84 Å². The van der Waals surface area contributed by atoms with Crippen LogP contribution in [-0.4, -0.2) is 4.98 Å². The topological polar surface area (TPSA) is 81.0 Å². The first-order valence-electron chi connectivity index (χ1n) is 3.77. The third-order valence-corrected chi connectivity index (χ3v) is 2.24. The number of nitrogens with two attached hydrogens (primary N) is 2. The van der Waals surface area contributed by atoms with E-state index in [1.165, 1.54) is 0 Å². The summed E-state index contributed by atoms with van der Waals surface area (Å²) in [5.41, 5.74) is 14.8. The first kappa shape index (κ1) is 8.12. The Labute approximate surface area is 79.5 Å². The fraction of sp³-hybridized carbons (Fsp3) is 0.125. The molecule has 1 aromatic heterocycles. The van der Waals surface area contributed by atoms with Crippen molar-refractivity contribution in [1.82, 2.24) is 4.98 Å². The number of aromatic nitrogens is 1. The second-order valence-electron chi connectivity index (χ2n) is 2.90. The van der Waals surface area contributed by atoms with E-state index < -0.39 is 0 Å². The lowest BCUT2D eigenvalue weighted by molar-refractivity contribution is 0.584. The highest BCUT2D eigenvalue weighted by Crippen LogP contribution is 2.28. The Bertz CT molecular complexity index is 526. The van der Waals surface area contributed by atoms with Crippen molar-refractivity contribution < 1.29 is 4.42 Å². The molecule has 1 aromatic carbocycles. The van der Waals surface area contributed by atoms with Gasteiger partial charge in [-0.15, -0.1) is 0 Å². The third kappa shape index (κ3) is 1.08. The van der Waals surface area contributed by atoms with Crippen molar-refractivity contribution in [2.45, 2.75) is 6.92 Å². The van der Waals surface area contributed by atoms with Crippen molar-refractivity contribution in [1.29, 1.82) is 0 Å². The van der Waals surface area contributed by atoms with E-state index in [0.717, 1.165) is 11.1 Å². The van der Waals surface area contributed by atoms with Crippen LogP contribution in [0.2, 0.25) is 0 Å². The zero-order chi connectivity index (χ0) is 9.59. The molecule has 0 aliphatic heterocycles. The SMILES string of the molecule is Cc1c(N)cc2[nH]c(=S)oc2c1N. The van der Waals surface area contributed by atoms with Gasteiger partial charge in [0.1, 0.15) is 0 Å². The van der Waals surface area contributed by atoms with Crippen LogP contribution < -0.4 is 11.5 Å². The summed E-state index contributed by atoms with van der Waals surface area (Å²) in [4.78, 5) is 3.17. The summed E-state index contributed by atoms with van der Waals surface area (Å²) in [7, 11) is 0. The second-order valence-corrected chi connectivity index (χ2v) is 3.27. The van der Waals surface area contributed by atoms with Crippen molar-refractivity contribution in [3.8, 4) is 0 Å². The Morgan fingerprint density at radius 2 is 2.15 bits per heavy atom. The highest BCUT2D eigenvalue weighted by atomic mass is 32.1. The van der Waals surface area contributed by atoms with E-state index in [-0.39, 0.29) is 0 Å². The molecular weight excluding hydrogens is 186 g/mol. The van der Waals surface area contributed by atoms with Crippen LogP contribution in [0.5, 0.6) is 0 Å². The quantitative estimate of drug-likeness (QED) is 0.443. The van der Waals surface area contributed by atoms with Crippen LogP contribution in [0.1, 0.15) is 5.56 Å². The Morgan fingerprint density at radius 1 is 1.46 bits per heavy atom. The molecule has 0 amide bonds. The summed E-state index contributed by atoms with van der Waals surface area (Å²) >= 11 is 4.84. The summed E-state index contributed by atoms with van der Waals surface area (Å²) in [6, 6.07) is 1.76. The van der Waals surface area contributed by atoms with Gasteiger partial charge in [-0.2, -0.15) is 0 Å². The fourth-order valence-corrected chi connectivity index (χ4v) is 1.42. The van der Waals surface area contributed by atoms with Gasteiger partial charge in [-0.05, 0) is 30.8 Å². The maximum absolute atomic E-state index is 5.79. The summed E-state index contributed by atoms with van der Waals surface area (Å²) in [6.07, 6.45) is 0. The zero-order valence-corrected chi connectivity index (χ0v) is 7.87. The molecular formula is C8H9N3OS. The molecule has 0 spiro atoms. The van der Waals surface area contributed by atoms with Crippen LogP contribution in [0.3, 0.4) is 0 Å². The highest BCUT2D eigenvalue weighted by molar-refractivity contribution is 7.71. The van der Waals surface area contributed by atoms with E-state index in [0.29, 0.717) is 21.8 Å². The standard InChI is InChI=1S/C8H9N3OS/c1-3-4(9)2-5-7(6(3)10)12-8(13)11-5/h2H,9-10H2,1H3,(H,11,13). The molecule has 0 atom stereocenters. The lowest BCUT2D eigenvalue weighted by atomic mass is 10.1. The Kier molecular flexibility index (Phi) is 1.56. The molecule has 0 saturated heterocycles. The number of anilines is 2. The zero-order valence-electron chi connectivity index (χ0n) is 7.05. The lowest BCUT2D eigenvalue weighted by Crippen LogP contribution is -1.96. The Balaban J connectivity index is 3.00. The van der Waals surface area contributed by atoms with E-state index in [4.69, 9.17) is 28.1 Å². The van der Waals surface area contributed by atoms with Gasteiger partial charge in [0.2, 0.25) is 0 Å². The van der Waals surface area contributed by atoms with Crippen molar-refractivity contribution in [2.24, 2.45) is 0 Å². The molecule has 0 fully saturated rings. The number of oxazole rings is 1.